The van der Waals surface area contributed by atoms with Gasteiger partial charge in [0, 0.05) is 4.47 Å². The minimum Gasteiger partial charge on any atom is -0.413 e. The maximum absolute atomic E-state index is 6.51. The van der Waals surface area contributed by atoms with E-state index in [1.807, 2.05) is 0 Å². The Kier molecular flexibility index (Phi) is 7.45. The normalized spacial score (nSPS) is 13.1. The molecule has 0 aliphatic rings. The molecule has 140 valence electrons. The fourth-order valence-corrected chi connectivity index (χ4v) is 3.83. The second-order valence-corrected chi connectivity index (χ2v) is 14.0. The van der Waals surface area contributed by atoms with E-state index in [9.17, 15) is 0 Å². The zero-order valence-corrected chi connectivity index (χ0v) is 19.3. The van der Waals surface area contributed by atoms with E-state index in [4.69, 9.17) is 4.43 Å². The highest BCUT2D eigenvalue weighted by Gasteiger charge is 2.37. The van der Waals surface area contributed by atoms with Crippen molar-refractivity contribution >= 4 is 29.8 Å². The summed E-state index contributed by atoms with van der Waals surface area (Å²) in [7, 11) is -1.77. The van der Waals surface area contributed by atoms with E-state index in [2.05, 4.69) is 110 Å². The molecule has 0 saturated carbocycles. The molecule has 0 aliphatic heterocycles. The Labute approximate surface area is 168 Å². The molecule has 0 N–H and O–H groups in total. The van der Waals surface area contributed by atoms with Crippen molar-refractivity contribution in [1.82, 2.24) is 0 Å². The summed E-state index contributed by atoms with van der Waals surface area (Å²) in [6, 6.07) is 19.2. The van der Waals surface area contributed by atoms with E-state index in [1.165, 1.54) is 16.7 Å². The highest BCUT2D eigenvalue weighted by atomic mass is 79.9. The Bertz CT molecular complexity index is 729. The van der Waals surface area contributed by atoms with Gasteiger partial charge >= 0.3 is 0 Å². The summed E-state index contributed by atoms with van der Waals surface area (Å²) in [5, 5.41) is 0.222. The van der Waals surface area contributed by atoms with Crippen molar-refractivity contribution in [2.75, 3.05) is 6.61 Å². The Morgan fingerprint density at radius 1 is 1.04 bits per heavy atom. The van der Waals surface area contributed by atoms with E-state index >= 15 is 0 Å². The summed E-state index contributed by atoms with van der Waals surface area (Å²) in [4.78, 5) is 0. The summed E-state index contributed by atoms with van der Waals surface area (Å²) < 4.78 is 7.62. The smallest absolute Gasteiger partial charge is 0.192 e. The molecule has 1 nitrogen and oxygen atoms in total. The molecule has 0 amide bonds. The van der Waals surface area contributed by atoms with Crippen LogP contribution in [0.2, 0.25) is 18.1 Å². The number of hydrogen-bond donors (Lipinski definition) is 0. The largest absolute Gasteiger partial charge is 0.413 e. The molecule has 0 heterocycles. The fraction of sp³-hybridized carbons (Fsp3) is 0.391. The average Bonchev–Trinajstić information content (AvgIpc) is 2.58. The highest BCUT2D eigenvalue weighted by Crippen LogP contribution is 2.37. The van der Waals surface area contributed by atoms with E-state index in [-0.39, 0.29) is 5.04 Å². The molecule has 2 aromatic rings. The molecule has 0 spiro atoms. The number of halogens is 1. The van der Waals surface area contributed by atoms with Crippen molar-refractivity contribution in [2.24, 2.45) is 0 Å². The first-order valence-corrected chi connectivity index (χ1v) is 13.0. The average molecular weight is 431 g/mol. The molecular weight excluding hydrogens is 400 g/mol. The monoisotopic (exact) mass is 430 g/mol. The van der Waals surface area contributed by atoms with Gasteiger partial charge in [-0.15, -0.1) is 0 Å². The van der Waals surface area contributed by atoms with Gasteiger partial charge in [0.05, 0.1) is 6.61 Å². The van der Waals surface area contributed by atoms with Crippen molar-refractivity contribution < 1.29 is 4.43 Å². The SMILES string of the molecule is CC(C)(C)[Si](C)(C)OC/C(=C\CCc1ccccc1)c1cccc(Br)c1. The fourth-order valence-electron chi connectivity index (χ4n) is 2.48. The Hall–Kier alpha value is -1.16. The molecule has 0 atom stereocenters. The predicted octanol–water partition coefficient (Wildman–Crippen LogP) is 7.49. The van der Waals surface area contributed by atoms with E-state index < -0.39 is 8.32 Å². The van der Waals surface area contributed by atoms with Crippen LogP contribution < -0.4 is 0 Å². The van der Waals surface area contributed by atoms with Crippen LogP contribution in [0, 0.1) is 0 Å². The Morgan fingerprint density at radius 3 is 2.35 bits per heavy atom. The number of rotatable bonds is 7. The number of aryl methyl sites for hydroxylation is 1. The molecule has 0 radical (unpaired) electrons. The van der Waals surface area contributed by atoms with Crippen molar-refractivity contribution in [3.8, 4) is 0 Å². The standard InChI is InChI=1S/C23H31BrOSi/c1-23(2,3)26(4,5)25-18-21(20-14-10-16-22(24)17-20)15-9-13-19-11-7-6-8-12-19/h6-8,10-12,14-17H,9,13,18H2,1-5H3/b21-15+. The van der Waals surface area contributed by atoms with Crippen LogP contribution in [0.3, 0.4) is 0 Å². The van der Waals surface area contributed by atoms with Gasteiger partial charge in [0.25, 0.3) is 0 Å². The van der Waals surface area contributed by atoms with E-state index in [1.54, 1.807) is 0 Å². The molecule has 2 aromatic carbocycles. The lowest BCUT2D eigenvalue weighted by atomic mass is 10.0. The van der Waals surface area contributed by atoms with Crippen LogP contribution in [0.25, 0.3) is 5.57 Å². The lowest BCUT2D eigenvalue weighted by Gasteiger charge is -2.36. The van der Waals surface area contributed by atoms with Crippen LogP contribution in [-0.4, -0.2) is 14.9 Å². The molecule has 2 rings (SSSR count). The number of benzene rings is 2. The second-order valence-electron chi connectivity index (χ2n) is 8.31. The van der Waals surface area contributed by atoms with Gasteiger partial charge in [-0.1, -0.05) is 85.2 Å². The lowest BCUT2D eigenvalue weighted by molar-refractivity contribution is 0.334. The zero-order valence-electron chi connectivity index (χ0n) is 16.7. The third kappa shape index (κ3) is 6.22. The van der Waals surface area contributed by atoms with Crippen LogP contribution in [0.4, 0.5) is 0 Å². The summed E-state index contributed by atoms with van der Waals surface area (Å²) in [6.07, 6.45) is 4.42. The van der Waals surface area contributed by atoms with Crippen molar-refractivity contribution in [3.63, 3.8) is 0 Å². The topological polar surface area (TPSA) is 9.23 Å². The molecule has 0 fully saturated rings. The maximum atomic E-state index is 6.51. The van der Waals surface area contributed by atoms with E-state index in [0.29, 0.717) is 6.61 Å². The summed E-state index contributed by atoms with van der Waals surface area (Å²) in [5.41, 5.74) is 3.90. The molecule has 0 aliphatic carbocycles. The van der Waals surface area contributed by atoms with Crippen molar-refractivity contribution in [3.05, 3.63) is 76.3 Å². The molecule has 3 heteroatoms. The maximum Gasteiger partial charge on any atom is 0.192 e. The van der Waals surface area contributed by atoms with Gasteiger partial charge in [-0.25, -0.2) is 0 Å². The first-order valence-electron chi connectivity index (χ1n) is 9.32. The lowest BCUT2D eigenvalue weighted by Crippen LogP contribution is -2.41. The van der Waals surface area contributed by atoms with Crippen LogP contribution in [-0.2, 0) is 10.8 Å². The van der Waals surface area contributed by atoms with Gasteiger partial charge in [0.2, 0.25) is 0 Å². The molecule has 0 aromatic heterocycles. The summed E-state index contributed by atoms with van der Waals surface area (Å²) in [6.45, 7) is 12.2. The third-order valence-electron chi connectivity index (χ3n) is 5.26. The number of allylic oxidation sites excluding steroid dienone is 1. The zero-order chi connectivity index (χ0) is 19.2. The van der Waals surface area contributed by atoms with E-state index in [0.717, 1.165) is 17.3 Å². The van der Waals surface area contributed by atoms with Crippen molar-refractivity contribution in [2.45, 2.75) is 51.7 Å². The second kappa shape index (κ2) is 9.16. The van der Waals surface area contributed by atoms with Crippen LogP contribution in [0.1, 0.15) is 38.3 Å². The van der Waals surface area contributed by atoms with Crippen LogP contribution in [0.15, 0.2) is 65.1 Å². The number of hydrogen-bond acceptors (Lipinski definition) is 1. The molecule has 26 heavy (non-hydrogen) atoms. The third-order valence-corrected chi connectivity index (χ3v) is 10.2. The van der Waals surface area contributed by atoms with Gasteiger partial charge in [-0.2, -0.15) is 0 Å². The van der Waals surface area contributed by atoms with Crippen molar-refractivity contribution in [1.29, 1.82) is 0 Å². The minimum atomic E-state index is -1.77. The van der Waals surface area contributed by atoms with Gasteiger partial charge in [-0.05, 0) is 59.8 Å². The Morgan fingerprint density at radius 2 is 1.73 bits per heavy atom. The van der Waals surface area contributed by atoms with Gasteiger partial charge < -0.3 is 4.43 Å². The van der Waals surface area contributed by atoms with Gasteiger partial charge in [-0.3, -0.25) is 0 Å². The first kappa shape index (κ1) is 21.1. The first-order chi connectivity index (χ1) is 12.2. The van der Waals surface area contributed by atoms with Crippen LogP contribution >= 0.6 is 15.9 Å². The van der Waals surface area contributed by atoms with Gasteiger partial charge in [0.15, 0.2) is 8.32 Å². The quantitative estimate of drug-likeness (QED) is 0.413. The van der Waals surface area contributed by atoms with Crippen LogP contribution in [0.5, 0.6) is 0 Å². The summed E-state index contributed by atoms with van der Waals surface area (Å²) >= 11 is 3.60. The molecule has 0 unspecified atom stereocenters. The molecule has 0 bridgehead atoms. The molecule has 0 saturated heterocycles. The highest BCUT2D eigenvalue weighted by molar-refractivity contribution is 9.10. The Balaban J connectivity index is 2.15. The van der Waals surface area contributed by atoms with Gasteiger partial charge in [0.1, 0.15) is 0 Å². The summed E-state index contributed by atoms with van der Waals surface area (Å²) in [5.74, 6) is 0. The molecular formula is C23H31BrOSi. The predicted molar refractivity (Wildman–Crippen MR) is 120 cm³/mol. The minimum absolute atomic E-state index is 0.222.